The number of aryl methyl sites for hydroxylation is 4. The van der Waals surface area contributed by atoms with Crippen LogP contribution >= 0.6 is 46.4 Å². The first-order chi connectivity index (χ1) is 54.4. The van der Waals surface area contributed by atoms with Crippen molar-refractivity contribution in [1.29, 1.82) is 0 Å². The van der Waals surface area contributed by atoms with E-state index in [1.165, 1.54) is 34.4 Å². The number of carbonyl (C=O) groups excluding carboxylic acids is 4. The number of benzene rings is 8. The molecule has 0 bridgehead atoms. The highest BCUT2D eigenvalue weighted by Crippen LogP contribution is 2.37. The molecule has 8 amide bonds. The Morgan fingerprint density at radius 2 is 0.675 bits per heavy atom. The fraction of sp³-hybridized carbons (Fsp3) is 0.310. The smallest absolute Gasteiger partial charge is 0.416 e. The second-order valence-corrected chi connectivity index (χ2v) is 31.0. The SMILES string of the molecule is C.C=C1CCc2cc(OCC3CN(C(=O)NCc4ccc(Cl)cc4)C3)ccc2N1.C=C1CCc2cc(OCC3CN(C(=O)Nc4ccc(C(F)(F)F)cc4)C3)ccc2N1.C=C1CCc2cc(OCC3CN(C(=O)Nc4ccc(Cl)c(Cl)c4)C3)ccc2N1.C=C1CCc2cc(OCC3CN(C(=O)Nc4ccc(Cl)cc4)C3)ccc2N1. The number of amides is 8. The van der Waals surface area contributed by atoms with Crippen molar-refractivity contribution in [1.82, 2.24) is 24.9 Å². The first-order valence-electron chi connectivity index (χ1n) is 37.5. The number of allylic oxidation sites excluding steroid dienone is 4. The number of fused-ring (bicyclic) bond motifs is 4. The average molecular weight is 1630 g/mol. The van der Waals surface area contributed by atoms with Crippen molar-refractivity contribution in [2.45, 2.75) is 71.5 Å². The van der Waals surface area contributed by atoms with E-state index >= 15 is 0 Å². The quantitative estimate of drug-likeness (QED) is 0.0428. The summed E-state index contributed by atoms with van der Waals surface area (Å²) in [6, 6.07) is 47.7. The molecule has 8 aromatic carbocycles. The Labute approximate surface area is 683 Å². The highest BCUT2D eigenvalue weighted by Gasteiger charge is 2.36. The van der Waals surface area contributed by atoms with Gasteiger partial charge in [-0.1, -0.05) is 92.3 Å². The van der Waals surface area contributed by atoms with Gasteiger partial charge in [-0.15, -0.1) is 0 Å². The van der Waals surface area contributed by atoms with Crippen molar-refractivity contribution in [3.63, 3.8) is 0 Å². The summed E-state index contributed by atoms with van der Waals surface area (Å²) >= 11 is 23.6. The molecule has 16 rings (SSSR count). The molecule has 4 fully saturated rings. The van der Waals surface area contributed by atoms with Gasteiger partial charge in [-0.3, -0.25) is 0 Å². The number of hydrogen-bond donors (Lipinski definition) is 8. The van der Waals surface area contributed by atoms with Gasteiger partial charge in [0.15, 0.2) is 0 Å². The van der Waals surface area contributed by atoms with Gasteiger partial charge < -0.3 is 81.1 Å². The zero-order valence-corrected chi connectivity index (χ0v) is 65.3. The third-order valence-corrected chi connectivity index (χ3v) is 21.6. The lowest BCUT2D eigenvalue weighted by molar-refractivity contribution is -0.137. The van der Waals surface area contributed by atoms with Gasteiger partial charge in [0.25, 0.3) is 0 Å². The molecule has 8 heterocycles. The summed E-state index contributed by atoms with van der Waals surface area (Å²) in [6.45, 7) is 24.0. The predicted molar refractivity (Wildman–Crippen MR) is 449 cm³/mol. The van der Waals surface area contributed by atoms with Crippen LogP contribution in [0.3, 0.4) is 0 Å². The molecule has 0 spiro atoms. The molecular weight excluding hydrogens is 1540 g/mol. The molecule has 0 aromatic heterocycles. The van der Waals surface area contributed by atoms with E-state index < -0.39 is 11.7 Å². The van der Waals surface area contributed by atoms with Crippen LogP contribution in [0.2, 0.25) is 20.1 Å². The van der Waals surface area contributed by atoms with Crippen molar-refractivity contribution in [3.8, 4) is 23.0 Å². The zero-order chi connectivity index (χ0) is 79.3. The molecule has 0 aliphatic carbocycles. The second kappa shape index (κ2) is 37.9. The number of nitrogens with zero attached hydrogens (tertiary/aromatic N) is 4. The molecule has 8 aromatic rings. The molecule has 8 aliphatic rings. The van der Waals surface area contributed by atoms with Gasteiger partial charge in [0.2, 0.25) is 0 Å². The first kappa shape index (κ1) is 82.6. The first-order valence-corrected chi connectivity index (χ1v) is 39.0. The van der Waals surface area contributed by atoms with Gasteiger partial charge in [-0.05, 0) is 231 Å². The molecule has 598 valence electrons. The minimum Gasteiger partial charge on any atom is -0.493 e. The van der Waals surface area contributed by atoms with Crippen LogP contribution in [0.4, 0.5) is 72.2 Å². The Bertz CT molecular complexity index is 4820. The number of anilines is 7. The Kier molecular flexibility index (Phi) is 27.4. The number of halogens is 7. The molecule has 0 radical (unpaired) electrons. The van der Waals surface area contributed by atoms with E-state index in [1.807, 2.05) is 83.8 Å². The maximum atomic E-state index is 12.6. The predicted octanol–water partition coefficient (Wildman–Crippen LogP) is 20.4. The zero-order valence-electron chi connectivity index (χ0n) is 62.3. The van der Waals surface area contributed by atoms with E-state index in [4.69, 9.17) is 65.4 Å². The van der Waals surface area contributed by atoms with Crippen molar-refractivity contribution >= 4 is 110 Å². The number of nitrogens with one attached hydrogen (secondary N) is 8. The number of ether oxygens (including phenoxy) is 4. The summed E-state index contributed by atoms with van der Waals surface area (Å²) in [7, 11) is 0. The normalized spacial score (nSPS) is 16.0. The van der Waals surface area contributed by atoms with E-state index in [2.05, 4.69) is 87.0 Å². The van der Waals surface area contributed by atoms with E-state index in [-0.39, 0.29) is 37.5 Å². The van der Waals surface area contributed by atoms with Crippen LogP contribution in [-0.4, -0.2) is 123 Å². The Morgan fingerprint density at radius 3 is 1.00 bits per heavy atom. The lowest BCUT2D eigenvalue weighted by atomic mass is 10.0. The molecule has 0 atom stereocenters. The number of carbonyl (C=O) groups is 4. The van der Waals surface area contributed by atoms with Gasteiger partial charge in [0.05, 0.1) is 42.0 Å². The van der Waals surface area contributed by atoms with Gasteiger partial charge in [0.1, 0.15) is 23.0 Å². The summed E-state index contributed by atoms with van der Waals surface area (Å²) in [5.41, 5.74) is 15.6. The fourth-order valence-corrected chi connectivity index (χ4v) is 14.2. The molecule has 8 aliphatic heterocycles. The van der Waals surface area contributed by atoms with Crippen LogP contribution in [0.15, 0.2) is 213 Å². The number of alkyl halides is 3. The van der Waals surface area contributed by atoms with Gasteiger partial charge in [-0.25, -0.2) is 19.2 Å². The Balaban J connectivity index is 0.000000140. The summed E-state index contributed by atoms with van der Waals surface area (Å²) in [6.07, 6.45) is 3.25. The molecular formula is C87H93Cl4F3N12O8. The molecule has 114 heavy (non-hydrogen) atoms. The van der Waals surface area contributed by atoms with E-state index in [9.17, 15) is 32.3 Å². The highest BCUT2D eigenvalue weighted by atomic mass is 35.5. The van der Waals surface area contributed by atoms with Crippen LogP contribution in [0.1, 0.15) is 66.5 Å². The van der Waals surface area contributed by atoms with E-state index in [0.29, 0.717) is 121 Å². The fourth-order valence-electron chi connectivity index (χ4n) is 13.7. The molecule has 0 saturated carbocycles. The lowest BCUT2D eigenvalue weighted by Crippen LogP contribution is -2.55. The van der Waals surface area contributed by atoms with Crippen LogP contribution in [-0.2, 0) is 38.4 Å². The molecule has 8 N–H and O–H groups in total. The summed E-state index contributed by atoms with van der Waals surface area (Å²) < 4.78 is 61.5. The van der Waals surface area contributed by atoms with Crippen LogP contribution in [0.25, 0.3) is 0 Å². The number of hydrogen-bond acceptors (Lipinski definition) is 12. The van der Waals surface area contributed by atoms with Gasteiger partial charge in [-0.2, -0.15) is 13.2 Å². The lowest BCUT2D eigenvalue weighted by Gasteiger charge is -2.38. The van der Waals surface area contributed by atoms with Gasteiger partial charge >= 0.3 is 30.3 Å². The third-order valence-electron chi connectivity index (χ3n) is 20.3. The third kappa shape index (κ3) is 22.8. The number of rotatable bonds is 17. The average Bonchev–Trinajstić information content (AvgIpc) is 0.832. The van der Waals surface area contributed by atoms with Crippen molar-refractivity contribution in [3.05, 3.63) is 266 Å². The number of urea groups is 4. The maximum absolute atomic E-state index is 12.6. The van der Waals surface area contributed by atoms with Crippen LogP contribution in [0, 0.1) is 23.7 Å². The van der Waals surface area contributed by atoms with Crippen molar-refractivity contribution in [2.24, 2.45) is 23.7 Å². The van der Waals surface area contributed by atoms with E-state index in [0.717, 1.165) is 156 Å². The molecule has 20 nitrogen and oxygen atoms in total. The van der Waals surface area contributed by atoms with Crippen LogP contribution < -0.4 is 61.5 Å². The molecule has 27 heteroatoms. The second-order valence-electron chi connectivity index (χ2n) is 29.3. The van der Waals surface area contributed by atoms with Gasteiger partial charge in [0, 0.05) is 155 Å². The molecule has 4 saturated heterocycles. The minimum atomic E-state index is -4.39. The topological polar surface area (TPSA) is 214 Å². The largest absolute Gasteiger partial charge is 0.493 e. The minimum absolute atomic E-state index is 0. The Hall–Kier alpha value is -10.9. The monoisotopic (exact) mass is 1630 g/mol. The summed E-state index contributed by atoms with van der Waals surface area (Å²) in [5, 5.41) is 26.7. The molecule has 0 unspecified atom stereocenters. The van der Waals surface area contributed by atoms with Crippen LogP contribution in [0.5, 0.6) is 23.0 Å². The van der Waals surface area contributed by atoms with Crippen molar-refractivity contribution < 1.29 is 51.3 Å². The maximum Gasteiger partial charge on any atom is 0.416 e. The standard InChI is InChI=1S/C22H24ClN3O2.C22H22F3N3O2.C21H21Cl2N3O2.C21H22ClN3O2.CH4/c1-15-2-5-18-10-20(8-9-21(18)25-15)28-14-17-12-26(13-17)22(27)24-11-16-3-6-19(23)7-4-16;1-14-2-3-16-10-19(8-9-20(16)26-14)30-13-15-11-28(12-15)21(29)27-18-6-4-17(5-7-18)22(23,24)25;1-13-2-3-15-8-17(5-7-20(15)24-13)28-12-14-10-26(11-14)21(27)25-16-4-6-18(22)19(23)9-16;1-14-2-3-16-10-19(8-9-20(16)23-14)27-13-15-11-25(12-15)21(26)24-18-6-4-17(22)5-7-18;/h3-4,6-10,17,25H,1-2,5,11-14H2,(H,24,27);4-10,15,26H,1-3,11-13H2,(H,27,29);4-9,14,24H,1-3,10-12H2,(H,25,27);4-10,15,23H,1-3,11-13H2,(H,24,26);1H4. The summed E-state index contributed by atoms with van der Waals surface area (Å²) in [4.78, 5) is 55.9. The number of likely N-dealkylation sites (tertiary alicyclic amines) is 4. The van der Waals surface area contributed by atoms with Crippen molar-refractivity contribution in [2.75, 3.05) is 116 Å². The van der Waals surface area contributed by atoms with E-state index in [1.54, 1.807) is 57.2 Å². The summed E-state index contributed by atoms with van der Waals surface area (Å²) in [5.74, 6) is 4.71. The Morgan fingerprint density at radius 1 is 0.377 bits per heavy atom. The highest BCUT2D eigenvalue weighted by molar-refractivity contribution is 6.42.